The van der Waals surface area contributed by atoms with Crippen molar-refractivity contribution in [3.8, 4) is 0 Å². The van der Waals surface area contributed by atoms with Crippen LogP contribution in [0.1, 0.15) is 12.8 Å². The molecule has 0 aromatic heterocycles. The Morgan fingerprint density at radius 3 is 3.00 bits per heavy atom. The van der Waals surface area contributed by atoms with Gasteiger partial charge in [-0.25, -0.2) is 0 Å². The van der Waals surface area contributed by atoms with Crippen molar-refractivity contribution in [2.75, 3.05) is 19.5 Å². The Morgan fingerprint density at radius 2 is 2.42 bits per heavy atom. The van der Waals surface area contributed by atoms with Gasteiger partial charge in [0, 0.05) is 19.5 Å². The van der Waals surface area contributed by atoms with E-state index in [-0.39, 0.29) is 0 Å². The second kappa shape index (κ2) is 5.16. The maximum atomic E-state index is 5.43. The van der Waals surface area contributed by atoms with E-state index in [0.29, 0.717) is 5.17 Å². The smallest absolute Gasteiger partial charge is 0.180 e. The van der Waals surface area contributed by atoms with Crippen molar-refractivity contribution in [2.45, 2.75) is 12.8 Å². The van der Waals surface area contributed by atoms with Crippen LogP contribution in [0.2, 0.25) is 0 Å². The largest absolute Gasteiger partial charge is 0.385 e. The van der Waals surface area contributed by atoms with Crippen LogP contribution in [-0.2, 0) is 4.74 Å². The lowest BCUT2D eigenvalue weighted by atomic mass is 10.2. The lowest BCUT2D eigenvalue weighted by molar-refractivity contribution is 0.196. The van der Waals surface area contributed by atoms with Crippen LogP contribution in [0, 0.1) is 0 Å². The number of methoxy groups -OCH3 is 1. The Kier molecular flexibility index (Phi) is 4.10. The van der Waals surface area contributed by atoms with Crippen LogP contribution >= 0.6 is 11.8 Å². The molecular weight excluding hydrogens is 174 g/mol. The van der Waals surface area contributed by atoms with Gasteiger partial charge in [0.1, 0.15) is 0 Å². The van der Waals surface area contributed by atoms with Crippen molar-refractivity contribution in [2.24, 2.45) is 15.9 Å². The summed E-state index contributed by atoms with van der Waals surface area (Å²) in [5.74, 6) is 0.874. The minimum atomic E-state index is 0.561. The number of thioether (sulfide) groups is 1. The summed E-state index contributed by atoms with van der Waals surface area (Å²) in [4.78, 5) is 0. The Morgan fingerprint density at radius 1 is 1.58 bits per heavy atom. The van der Waals surface area contributed by atoms with E-state index >= 15 is 0 Å². The van der Waals surface area contributed by atoms with Gasteiger partial charge in [-0.1, -0.05) is 11.8 Å². The van der Waals surface area contributed by atoms with Crippen LogP contribution in [0.4, 0.5) is 0 Å². The third-order valence-electron chi connectivity index (χ3n) is 1.49. The summed E-state index contributed by atoms with van der Waals surface area (Å²) in [6.07, 6.45) is 1.96. The fourth-order valence-electron chi connectivity index (χ4n) is 0.878. The van der Waals surface area contributed by atoms with E-state index in [4.69, 9.17) is 10.5 Å². The number of rotatable bonds is 4. The van der Waals surface area contributed by atoms with Gasteiger partial charge in [0.2, 0.25) is 0 Å². The topological polar surface area (TPSA) is 60.0 Å². The van der Waals surface area contributed by atoms with Gasteiger partial charge in [0.15, 0.2) is 5.17 Å². The van der Waals surface area contributed by atoms with Crippen LogP contribution < -0.4 is 5.73 Å². The molecule has 0 amide bonds. The van der Waals surface area contributed by atoms with E-state index in [1.165, 1.54) is 0 Å². The fourth-order valence-corrected chi connectivity index (χ4v) is 1.49. The van der Waals surface area contributed by atoms with Crippen molar-refractivity contribution < 1.29 is 4.74 Å². The van der Waals surface area contributed by atoms with E-state index in [1.807, 2.05) is 0 Å². The summed E-state index contributed by atoms with van der Waals surface area (Å²) in [7, 11) is 1.70. The third kappa shape index (κ3) is 3.23. The van der Waals surface area contributed by atoms with Crippen molar-refractivity contribution in [1.29, 1.82) is 0 Å². The summed E-state index contributed by atoms with van der Waals surface area (Å²) in [6, 6.07) is 0. The molecule has 0 unspecified atom stereocenters. The predicted octanol–water partition coefficient (Wildman–Crippen LogP) is 0.831. The van der Waals surface area contributed by atoms with E-state index in [0.717, 1.165) is 30.9 Å². The first-order valence-electron chi connectivity index (χ1n) is 3.83. The van der Waals surface area contributed by atoms with Gasteiger partial charge < -0.3 is 10.5 Å². The van der Waals surface area contributed by atoms with Crippen LogP contribution in [0.5, 0.6) is 0 Å². The molecule has 0 saturated carbocycles. The number of hydrogen-bond acceptors (Lipinski definition) is 5. The first kappa shape index (κ1) is 9.54. The molecule has 1 rings (SSSR count). The van der Waals surface area contributed by atoms with Crippen molar-refractivity contribution in [3.05, 3.63) is 0 Å². The monoisotopic (exact) mass is 187 g/mol. The van der Waals surface area contributed by atoms with Crippen molar-refractivity contribution >= 4 is 22.6 Å². The normalized spacial score (nSPS) is 17.1. The number of amidine groups is 1. The molecule has 1 heterocycles. The number of nitrogens with zero attached hydrogens (tertiary/aromatic N) is 2. The van der Waals surface area contributed by atoms with Gasteiger partial charge in [-0.2, -0.15) is 5.10 Å². The molecule has 4 nitrogen and oxygen atoms in total. The molecule has 0 aromatic rings. The molecule has 68 valence electrons. The fraction of sp³-hybridized carbons (Fsp3) is 0.714. The van der Waals surface area contributed by atoms with E-state index in [9.17, 15) is 0 Å². The van der Waals surface area contributed by atoms with Gasteiger partial charge in [-0.3, -0.25) is 0 Å². The molecular formula is C7H13N3OS. The van der Waals surface area contributed by atoms with E-state index < -0.39 is 0 Å². The van der Waals surface area contributed by atoms with Crippen molar-refractivity contribution in [1.82, 2.24) is 0 Å². The Labute approximate surface area is 76.3 Å². The molecule has 12 heavy (non-hydrogen) atoms. The minimum Gasteiger partial charge on any atom is -0.385 e. The Bertz CT molecular complexity index is 203. The molecule has 0 radical (unpaired) electrons. The van der Waals surface area contributed by atoms with Crippen LogP contribution in [-0.4, -0.2) is 30.3 Å². The number of ether oxygens (including phenoxy) is 1. The average Bonchev–Trinajstić information content (AvgIpc) is 2.09. The summed E-state index contributed by atoms with van der Waals surface area (Å²) in [5, 5.41) is 8.34. The van der Waals surface area contributed by atoms with Gasteiger partial charge in [-0.15, -0.1) is 5.10 Å². The lowest BCUT2D eigenvalue weighted by Gasteiger charge is -2.07. The highest BCUT2D eigenvalue weighted by Gasteiger charge is 2.06. The zero-order valence-electron chi connectivity index (χ0n) is 7.12. The zero-order chi connectivity index (χ0) is 8.81. The molecule has 0 bridgehead atoms. The van der Waals surface area contributed by atoms with Gasteiger partial charge in [0.05, 0.1) is 5.71 Å². The quantitative estimate of drug-likeness (QED) is 0.663. The average molecular weight is 187 g/mol. The Hall–Kier alpha value is -0.550. The molecule has 0 spiro atoms. The standard InChI is InChI=1S/C7H13N3OS/c1-11-4-2-3-6-5-12-7(8)10-9-6/h2-5H2,1H3,(H2,8,10). The van der Waals surface area contributed by atoms with Gasteiger partial charge in [-0.05, 0) is 12.8 Å². The van der Waals surface area contributed by atoms with E-state index in [1.54, 1.807) is 18.9 Å². The molecule has 0 atom stereocenters. The highest BCUT2D eigenvalue weighted by Crippen LogP contribution is 2.10. The van der Waals surface area contributed by atoms with Gasteiger partial charge in [0.25, 0.3) is 0 Å². The molecule has 5 heteroatoms. The summed E-state index contributed by atoms with van der Waals surface area (Å²) >= 11 is 1.54. The van der Waals surface area contributed by atoms with E-state index in [2.05, 4.69) is 10.2 Å². The lowest BCUT2D eigenvalue weighted by Crippen LogP contribution is -2.15. The van der Waals surface area contributed by atoms with Crippen molar-refractivity contribution in [3.63, 3.8) is 0 Å². The summed E-state index contributed by atoms with van der Waals surface area (Å²) in [6.45, 7) is 0.781. The summed E-state index contributed by atoms with van der Waals surface area (Å²) < 4.78 is 4.93. The highest BCUT2D eigenvalue weighted by atomic mass is 32.2. The summed E-state index contributed by atoms with van der Waals surface area (Å²) in [5.41, 5.74) is 6.54. The molecule has 1 aliphatic rings. The third-order valence-corrected chi connectivity index (χ3v) is 2.35. The second-order valence-electron chi connectivity index (χ2n) is 2.49. The van der Waals surface area contributed by atoms with Crippen LogP contribution in [0.25, 0.3) is 0 Å². The highest BCUT2D eigenvalue weighted by molar-refractivity contribution is 8.14. The number of nitrogens with two attached hydrogens (primary N) is 1. The first-order chi connectivity index (χ1) is 5.83. The number of hydrogen-bond donors (Lipinski definition) is 1. The minimum absolute atomic E-state index is 0.561. The predicted molar refractivity (Wildman–Crippen MR) is 52.6 cm³/mol. The molecule has 0 aliphatic carbocycles. The molecule has 2 N–H and O–H groups in total. The van der Waals surface area contributed by atoms with Crippen LogP contribution in [0.3, 0.4) is 0 Å². The van der Waals surface area contributed by atoms with Gasteiger partial charge >= 0.3 is 0 Å². The second-order valence-corrected chi connectivity index (χ2v) is 3.49. The molecule has 1 aliphatic heterocycles. The molecule has 0 aromatic carbocycles. The van der Waals surface area contributed by atoms with Crippen LogP contribution in [0.15, 0.2) is 10.2 Å². The molecule has 0 fully saturated rings. The Balaban J connectivity index is 2.24. The maximum Gasteiger partial charge on any atom is 0.180 e. The zero-order valence-corrected chi connectivity index (χ0v) is 7.93. The SMILES string of the molecule is COCCCC1=NN=C(N)SC1. The maximum absolute atomic E-state index is 5.43. The first-order valence-corrected chi connectivity index (χ1v) is 4.82. The molecule has 0 saturated heterocycles.